The Balaban J connectivity index is 1.45. The fraction of sp³-hybridized carbons (Fsp3) is 0.476. The summed E-state index contributed by atoms with van der Waals surface area (Å²) in [6.45, 7) is 9.07. The number of likely N-dealkylation sites (tertiary alicyclic amines) is 1. The van der Waals surface area contributed by atoms with Crippen molar-refractivity contribution in [2.24, 2.45) is 5.92 Å². The molecule has 1 saturated heterocycles. The lowest BCUT2D eigenvalue weighted by atomic mass is 9.96. The Morgan fingerprint density at radius 2 is 2.10 bits per heavy atom. The molecule has 1 amide bonds. The Morgan fingerprint density at radius 1 is 1.38 bits per heavy atom. The molecule has 1 aliphatic heterocycles. The summed E-state index contributed by atoms with van der Waals surface area (Å²) in [6.07, 6.45) is 3.91. The van der Waals surface area contributed by atoms with Crippen LogP contribution in [0, 0.1) is 23.4 Å². The molecule has 1 fully saturated rings. The van der Waals surface area contributed by atoms with Gasteiger partial charge in [0.25, 0.3) is 0 Å². The van der Waals surface area contributed by atoms with Crippen molar-refractivity contribution in [3.05, 3.63) is 58.9 Å². The molecule has 8 heteroatoms. The van der Waals surface area contributed by atoms with Gasteiger partial charge in [-0.1, -0.05) is 24.3 Å². The summed E-state index contributed by atoms with van der Waals surface area (Å²) in [4.78, 5) is 14.7. The van der Waals surface area contributed by atoms with Crippen molar-refractivity contribution in [1.82, 2.24) is 24.6 Å². The average molecular weight is 418 g/mol. The summed E-state index contributed by atoms with van der Waals surface area (Å²) < 4.78 is 18.1. The Labute approximate surface area is 176 Å². The van der Waals surface area contributed by atoms with E-state index >= 15 is 0 Å². The maximum atomic E-state index is 13.6. The summed E-state index contributed by atoms with van der Waals surface area (Å²) >= 11 is 5.51. The summed E-state index contributed by atoms with van der Waals surface area (Å²) in [6, 6.07) is 6.68. The van der Waals surface area contributed by atoms with Gasteiger partial charge in [-0.3, -0.25) is 9.69 Å². The minimum Gasteiger partial charge on any atom is -0.356 e. The molecule has 0 radical (unpaired) electrons. The van der Waals surface area contributed by atoms with Crippen LogP contribution in [-0.4, -0.2) is 44.8 Å². The van der Waals surface area contributed by atoms with Crippen LogP contribution in [0.25, 0.3) is 0 Å². The first-order valence-electron chi connectivity index (χ1n) is 9.98. The largest absolute Gasteiger partial charge is 0.356 e. The summed E-state index contributed by atoms with van der Waals surface area (Å²) in [7, 11) is 0. The number of hydrogen-bond donors (Lipinski definition) is 1. The zero-order valence-electron chi connectivity index (χ0n) is 16.8. The van der Waals surface area contributed by atoms with Crippen LogP contribution in [0.15, 0.2) is 36.9 Å². The number of allylic oxidation sites excluding steroid dienone is 1. The highest BCUT2D eigenvalue weighted by atomic mass is 32.1. The lowest BCUT2D eigenvalue weighted by Gasteiger charge is -2.30. The van der Waals surface area contributed by atoms with Gasteiger partial charge in [-0.15, -0.1) is 6.58 Å². The van der Waals surface area contributed by atoms with Crippen LogP contribution >= 0.6 is 12.2 Å². The number of carbonyl (C=O) groups is 1. The van der Waals surface area contributed by atoms with Crippen LogP contribution in [0.2, 0.25) is 0 Å². The van der Waals surface area contributed by atoms with Crippen molar-refractivity contribution in [3.8, 4) is 0 Å². The molecule has 0 unspecified atom stereocenters. The van der Waals surface area contributed by atoms with Crippen LogP contribution < -0.4 is 5.32 Å². The Morgan fingerprint density at radius 3 is 2.79 bits per heavy atom. The van der Waals surface area contributed by atoms with Crippen LogP contribution in [0.3, 0.4) is 0 Å². The summed E-state index contributed by atoms with van der Waals surface area (Å²) in [5.74, 6) is 0.710. The monoisotopic (exact) mass is 417 g/mol. The Hall–Kier alpha value is -2.32. The van der Waals surface area contributed by atoms with Crippen molar-refractivity contribution >= 4 is 18.1 Å². The number of piperidine rings is 1. The fourth-order valence-corrected chi connectivity index (χ4v) is 3.98. The van der Waals surface area contributed by atoms with Crippen molar-refractivity contribution in [2.45, 2.75) is 39.4 Å². The molecule has 29 heavy (non-hydrogen) atoms. The quantitative estimate of drug-likeness (QED) is 0.530. The van der Waals surface area contributed by atoms with Gasteiger partial charge < -0.3 is 9.88 Å². The predicted molar refractivity (Wildman–Crippen MR) is 113 cm³/mol. The number of rotatable bonds is 8. The molecule has 1 aliphatic rings. The van der Waals surface area contributed by atoms with Gasteiger partial charge >= 0.3 is 0 Å². The third-order valence-corrected chi connectivity index (χ3v) is 5.79. The highest BCUT2D eigenvalue weighted by molar-refractivity contribution is 7.71. The minimum absolute atomic E-state index is 0.0000912. The van der Waals surface area contributed by atoms with Crippen LogP contribution in [0.1, 0.15) is 24.2 Å². The summed E-state index contributed by atoms with van der Waals surface area (Å²) in [5, 5.41) is 7.49. The first-order valence-corrected chi connectivity index (χ1v) is 10.4. The lowest BCUT2D eigenvalue weighted by Crippen LogP contribution is -2.41. The molecular formula is C21H28FN5OS. The number of nitrogens with zero attached hydrogens (tertiary/aromatic N) is 4. The molecule has 2 heterocycles. The minimum atomic E-state index is -0.223. The average Bonchev–Trinajstić information content (AvgIpc) is 2.97. The van der Waals surface area contributed by atoms with Crippen molar-refractivity contribution in [3.63, 3.8) is 0 Å². The third kappa shape index (κ3) is 5.39. The topological polar surface area (TPSA) is 55.1 Å². The smallest absolute Gasteiger partial charge is 0.223 e. The zero-order valence-corrected chi connectivity index (χ0v) is 17.6. The van der Waals surface area contributed by atoms with Gasteiger partial charge in [-0.05, 0) is 50.0 Å². The Kier molecular flexibility index (Phi) is 7.33. The molecule has 0 bridgehead atoms. The van der Waals surface area contributed by atoms with E-state index in [-0.39, 0.29) is 17.6 Å². The van der Waals surface area contributed by atoms with E-state index in [2.05, 4.69) is 21.9 Å². The lowest BCUT2D eigenvalue weighted by molar-refractivity contribution is -0.126. The fourth-order valence-electron chi connectivity index (χ4n) is 3.67. The number of carbonyl (C=O) groups excluding carboxylic acids is 1. The van der Waals surface area contributed by atoms with Gasteiger partial charge in [0.15, 0.2) is 4.77 Å². The van der Waals surface area contributed by atoms with E-state index in [0.717, 1.165) is 31.8 Å². The van der Waals surface area contributed by atoms with E-state index in [1.807, 2.05) is 28.3 Å². The second-order valence-corrected chi connectivity index (χ2v) is 7.76. The number of aryl methyl sites for hydroxylation is 1. The van der Waals surface area contributed by atoms with Gasteiger partial charge in [0, 0.05) is 32.1 Å². The molecule has 1 aromatic carbocycles. The number of nitrogens with one attached hydrogen (secondary N) is 1. The number of aromatic nitrogens is 3. The molecule has 156 valence electrons. The number of halogens is 1. The van der Waals surface area contributed by atoms with Crippen molar-refractivity contribution in [2.75, 3.05) is 19.6 Å². The molecule has 6 nitrogen and oxygen atoms in total. The molecule has 0 saturated carbocycles. The van der Waals surface area contributed by atoms with E-state index in [1.54, 1.807) is 12.1 Å². The van der Waals surface area contributed by atoms with Crippen molar-refractivity contribution in [1.29, 1.82) is 0 Å². The normalized spacial score (nSPS) is 15.4. The Bertz CT molecular complexity index is 914. The van der Waals surface area contributed by atoms with Crippen LogP contribution in [-0.2, 0) is 24.4 Å². The van der Waals surface area contributed by atoms with Crippen LogP contribution in [0.4, 0.5) is 4.39 Å². The molecular weight excluding hydrogens is 389 g/mol. The van der Waals surface area contributed by atoms with Gasteiger partial charge in [-0.2, -0.15) is 5.10 Å². The standard InChI is InChI=1S/C21H28FN5OS/c1-3-12-26-16(2)24-27(21(26)29)15-25-13-9-18(10-14-25)20(28)23-11-8-17-6-4-5-7-19(17)22/h3-7,18H,1,8-15H2,2H3,(H,23,28). The second kappa shape index (κ2) is 9.93. The van der Waals surface area contributed by atoms with Gasteiger partial charge in [0.1, 0.15) is 11.6 Å². The SMILES string of the molecule is C=CCn1c(C)nn(CN2CCC(C(=O)NCCc3ccccc3F)CC2)c1=S. The molecule has 1 N–H and O–H groups in total. The second-order valence-electron chi connectivity index (χ2n) is 7.39. The van der Waals surface area contributed by atoms with Gasteiger partial charge in [0.05, 0.1) is 6.67 Å². The maximum Gasteiger partial charge on any atom is 0.223 e. The maximum absolute atomic E-state index is 13.6. The zero-order chi connectivity index (χ0) is 20.8. The van der Waals surface area contributed by atoms with E-state index in [9.17, 15) is 9.18 Å². The summed E-state index contributed by atoms with van der Waals surface area (Å²) in [5.41, 5.74) is 0.630. The first-order chi connectivity index (χ1) is 14.0. The van der Waals surface area contributed by atoms with E-state index in [4.69, 9.17) is 12.2 Å². The van der Waals surface area contributed by atoms with Crippen LogP contribution in [0.5, 0.6) is 0 Å². The molecule has 0 aliphatic carbocycles. The number of amides is 1. The predicted octanol–water partition coefficient (Wildman–Crippen LogP) is 3.08. The van der Waals surface area contributed by atoms with Crippen molar-refractivity contribution < 1.29 is 9.18 Å². The van der Waals surface area contributed by atoms with Gasteiger partial charge in [-0.25, -0.2) is 9.07 Å². The third-order valence-electron chi connectivity index (χ3n) is 5.36. The molecule has 2 aromatic rings. The van der Waals surface area contributed by atoms with E-state index < -0.39 is 0 Å². The first kappa shape index (κ1) is 21.4. The molecule has 0 atom stereocenters. The van der Waals surface area contributed by atoms with E-state index in [0.29, 0.717) is 36.5 Å². The highest BCUT2D eigenvalue weighted by Gasteiger charge is 2.25. The molecule has 0 spiro atoms. The van der Waals surface area contributed by atoms with E-state index in [1.165, 1.54) is 6.07 Å². The molecule has 3 rings (SSSR count). The number of hydrogen-bond acceptors (Lipinski definition) is 4. The molecule has 1 aromatic heterocycles. The highest BCUT2D eigenvalue weighted by Crippen LogP contribution is 2.18. The number of benzene rings is 1. The van der Waals surface area contributed by atoms with Gasteiger partial charge in [0.2, 0.25) is 5.91 Å².